The Labute approximate surface area is 319 Å². The quantitative estimate of drug-likeness (QED) is 0.188. The molecule has 0 saturated heterocycles. The number of hydrogen-bond acceptors (Lipinski definition) is 2. The summed E-state index contributed by atoms with van der Waals surface area (Å²) in [6.45, 7) is 0. The van der Waals surface area contributed by atoms with Crippen LogP contribution in [0, 0.1) is 0 Å². The minimum Gasteiger partial charge on any atom is -0.355 e. The van der Waals surface area contributed by atoms with Gasteiger partial charge in [0.25, 0.3) is 0 Å². The summed E-state index contributed by atoms with van der Waals surface area (Å²) < 4.78 is 0. The first kappa shape index (κ1) is 34.4. The highest BCUT2D eigenvalue weighted by molar-refractivity contribution is 5.92. The first-order valence-electron chi connectivity index (χ1n) is 18.0. The maximum atomic E-state index is 3.65. The monoisotopic (exact) mass is 696 g/mol. The predicted molar refractivity (Wildman–Crippen MR) is 229 cm³/mol. The lowest BCUT2D eigenvalue weighted by Gasteiger charge is -2.42. The molecule has 8 aromatic carbocycles. The molecule has 262 valence electrons. The van der Waals surface area contributed by atoms with Gasteiger partial charge in [-0.25, -0.2) is 0 Å². The van der Waals surface area contributed by atoms with Gasteiger partial charge < -0.3 is 10.6 Å². The summed E-state index contributed by atoms with van der Waals surface area (Å²) in [5.41, 5.74) is 17.4. The molecule has 0 fully saturated rings. The maximum Gasteiger partial charge on any atom is 0.0753 e. The van der Waals surface area contributed by atoms with Gasteiger partial charge in [-0.2, -0.15) is 0 Å². The lowest BCUT2D eigenvalue weighted by Crippen LogP contribution is -2.35. The van der Waals surface area contributed by atoms with Gasteiger partial charge in [-0.05, 0) is 79.9 Å². The molecule has 2 nitrogen and oxygen atoms in total. The fourth-order valence-corrected chi connectivity index (χ4v) is 9.24. The van der Waals surface area contributed by atoms with Gasteiger partial charge in [-0.3, -0.25) is 0 Å². The van der Waals surface area contributed by atoms with Crippen LogP contribution in [0.15, 0.2) is 206 Å². The van der Waals surface area contributed by atoms with Crippen molar-refractivity contribution in [1.82, 2.24) is 0 Å². The lowest BCUT2D eigenvalue weighted by atomic mass is 9.63. The molecule has 1 spiro atoms. The van der Waals surface area contributed by atoms with Crippen molar-refractivity contribution in [2.75, 3.05) is 10.6 Å². The van der Waals surface area contributed by atoms with Gasteiger partial charge in [-0.15, -0.1) is 0 Å². The van der Waals surface area contributed by atoms with Crippen molar-refractivity contribution >= 4 is 22.7 Å². The molecule has 0 unspecified atom stereocenters. The molecular weight excluding hydrogens is 653 g/mol. The molecule has 2 heteroatoms. The molecular formula is C52H44N2. The number of fused-ring (bicyclic) bond motifs is 11. The fourth-order valence-electron chi connectivity index (χ4n) is 9.24. The first-order chi connectivity index (χ1) is 25.8. The molecule has 2 heterocycles. The minimum atomic E-state index is -0.332. The zero-order valence-corrected chi connectivity index (χ0v) is 28.6. The van der Waals surface area contributed by atoms with Crippen LogP contribution >= 0.6 is 0 Å². The smallest absolute Gasteiger partial charge is 0.0753 e. The molecule has 2 N–H and O–H groups in total. The number of para-hydroxylation sites is 4. The van der Waals surface area contributed by atoms with E-state index in [1.54, 1.807) is 0 Å². The van der Waals surface area contributed by atoms with Crippen molar-refractivity contribution < 1.29 is 0 Å². The van der Waals surface area contributed by atoms with Crippen molar-refractivity contribution in [3.63, 3.8) is 0 Å². The van der Waals surface area contributed by atoms with Crippen molar-refractivity contribution in [2.45, 2.75) is 25.7 Å². The molecule has 11 rings (SSSR count). The second kappa shape index (κ2) is 13.7. The Kier molecular flexibility index (Phi) is 8.76. The van der Waals surface area contributed by atoms with Crippen molar-refractivity contribution in [1.29, 1.82) is 0 Å². The van der Waals surface area contributed by atoms with Crippen LogP contribution in [0.3, 0.4) is 0 Å². The van der Waals surface area contributed by atoms with E-state index in [-0.39, 0.29) is 25.7 Å². The van der Waals surface area contributed by atoms with E-state index in [4.69, 9.17) is 0 Å². The van der Waals surface area contributed by atoms with Crippen LogP contribution in [0.4, 0.5) is 22.7 Å². The van der Waals surface area contributed by atoms with E-state index in [0.717, 1.165) is 0 Å². The summed E-state index contributed by atoms with van der Waals surface area (Å²) in [7, 11) is 0. The summed E-state index contributed by atoms with van der Waals surface area (Å²) in [4.78, 5) is 0. The summed E-state index contributed by atoms with van der Waals surface area (Å²) in [5.74, 6) is 0. The molecule has 2 aliphatic heterocycles. The zero-order valence-electron chi connectivity index (χ0n) is 28.6. The van der Waals surface area contributed by atoms with Gasteiger partial charge in [0.15, 0.2) is 0 Å². The summed E-state index contributed by atoms with van der Waals surface area (Å²) in [6, 6.07) is 74.2. The third kappa shape index (κ3) is 4.87. The molecule has 0 atom stereocenters. The zero-order chi connectivity index (χ0) is 34.5. The van der Waals surface area contributed by atoms with Crippen LogP contribution in [0.1, 0.15) is 59.4 Å². The van der Waals surface area contributed by atoms with Crippen molar-refractivity contribution in [3.8, 4) is 11.1 Å². The highest BCUT2D eigenvalue weighted by Crippen LogP contribution is 2.60. The topological polar surface area (TPSA) is 24.1 Å². The van der Waals surface area contributed by atoms with Crippen molar-refractivity contribution in [2.24, 2.45) is 0 Å². The SMILES string of the molecule is C.C.c1ccc(C2(c3ccccc3)c3ccccc3Nc3ccccc32)cc1.c1ccc2c(c1)Nc1ccccc1C21c2ccccc2-c2ccccc21. The van der Waals surface area contributed by atoms with E-state index in [1.165, 1.54) is 78.4 Å². The Morgan fingerprint density at radius 2 is 0.500 bits per heavy atom. The van der Waals surface area contributed by atoms with Crippen LogP contribution in [0.2, 0.25) is 0 Å². The number of hydrogen-bond donors (Lipinski definition) is 2. The largest absolute Gasteiger partial charge is 0.355 e. The van der Waals surface area contributed by atoms with E-state index in [2.05, 4.69) is 217 Å². The first-order valence-corrected chi connectivity index (χ1v) is 18.0. The Morgan fingerprint density at radius 1 is 0.241 bits per heavy atom. The summed E-state index contributed by atoms with van der Waals surface area (Å²) in [6.07, 6.45) is 0. The van der Waals surface area contributed by atoms with Gasteiger partial charge in [-0.1, -0.05) is 197 Å². The summed E-state index contributed by atoms with van der Waals surface area (Å²) in [5, 5.41) is 7.29. The Morgan fingerprint density at radius 3 is 0.852 bits per heavy atom. The molecule has 0 amide bonds. The highest BCUT2D eigenvalue weighted by Gasteiger charge is 2.49. The average molecular weight is 697 g/mol. The van der Waals surface area contributed by atoms with E-state index >= 15 is 0 Å². The Hall–Kier alpha value is -6.64. The molecule has 0 bridgehead atoms. The minimum absolute atomic E-state index is 0. The van der Waals surface area contributed by atoms with Crippen LogP contribution in [0.5, 0.6) is 0 Å². The average Bonchev–Trinajstić information content (AvgIpc) is 3.51. The number of nitrogens with one attached hydrogen (secondary N) is 2. The highest BCUT2D eigenvalue weighted by atomic mass is 14.9. The fraction of sp³-hybridized carbons (Fsp3) is 0.0769. The van der Waals surface area contributed by atoms with Gasteiger partial charge in [0.2, 0.25) is 0 Å². The number of benzene rings is 8. The van der Waals surface area contributed by atoms with Crippen LogP contribution < -0.4 is 10.6 Å². The van der Waals surface area contributed by atoms with Gasteiger partial charge >= 0.3 is 0 Å². The molecule has 1 aliphatic carbocycles. The maximum absolute atomic E-state index is 3.65. The van der Waals surface area contributed by atoms with E-state index in [1.807, 2.05) is 0 Å². The summed E-state index contributed by atoms with van der Waals surface area (Å²) >= 11 is 0. The Balaban J connectivity index is 0.000000148. The normalized spacial score (nSPS) is 13.9. The molecule has 0 radical (unpaired) electrons. The standard InChI is InChI=1S/C25H17N.C25H19N.2CH4/c1-3-11-19-17(9-1)18-10-2-4-12-20(18)25(19)21-13-5-7-15-23(21)26-24-16-8-6-14-22(24)25;1-3-11-19(12-4-1)25(20-13-5-2-6-14-20)21-15-7-9-17-23(21)26-24-18-10-8-16-22(24)25;;/h1-16,26H;1-18,26H;2*1H4. The van der Waals surface area contributed by atoms with E-state index < -0.39 is 0 Å². The van der Waals surface area contributed by atoms with Gasteiger partial charge in [0, 0.05) is 22.7 Å². The number of rotatable bonds is 2. The van der Waals surface area contributed by atoms with Crippen LogP contribution in [0.25, 0.3) is 11.1 Å². The van der Waals surface area contributed by atoms with E-state index in [0.29, 0.717) is 0 Å². The van der Waals surface area contributed by atoms with Gasteiger partial charge in [0.1, 0.15) is 0 Å². The molecule has 54 heavy (non-hydrogen) atoms. The third-order valence-corrected chi connectivity index (χ3v) is 11.2. The van der Waals surface area contributed by atoms with Gasteiger partial charge in [0.05, 0.1) is 10.8 Å². The third-order valence-electron chi connectivity index (χ3n) is 11.2. The second-order valence-corrected chi connectivity index (χ2v) is 13.8. The molecule has 8 aromatic rings. The molecule has 0 aromatic heterocycles. The second-order valence-electron chi connectivity index (χ2n) is 13.8. The predicted octanol–water partition coefficient (Wildman–Crippen LogP) is 13.5. The lowest BCUT2D eigenvalue weighted by molar-refractivity contribution is 0.740. The Bertz CT molecular complexity index is 2320. The van der Waals surface area contributed by atoms with Crippen LogP contribution in [-0.2, 0) is 10.8 Å². The number of anilines is 4. The molecule has 0 saturated carbocycles. The van der Waals surface area contributed by atoms with Crippen molar-refractivity contribution in [3.05, 3.63) is 251 Å². The van der Waals surface area contributed by atoms with Crippen LogP contribution in [-0.4, -0.2) is 0 Å². The molecule has 3 aliphatic rings. The van der Waals surface area contributed by atoms with E-state index in [9.17, 15) is 0 Å².